The van der Waals surface area contributed by atoms with E-state index in [9.17, 15) is 31.1 Å². The molecule has 0 unspecified atom stereocenters. The van der Waals surface area contributed by atoms with Gasteiger partial charge in [0.05, 0.1) is 12.3 Å². The molecule has 2 aliphatic heterocycles. The molecule has 1 aromatic carbocycles. The van der Waals surface area contributed by atoms with E-state index in [0.29, 0.717) is 17.7 Å². The summed E-state index contributed by atoms with van der Waals surface area (Å²) in [5.41, 5.74) is 5.55. The normalized spacial score (nSPS) is 21.9. The summed E-state index contributed by atoms with van der Waals surface area (Å²) in [5, 5.41) is 8.40. The van der Waals surface area contributed by atoms with Crippen LogP contribution in [0.1, 0.15) is 55.9 Å². The van der Waals surface area contributed by atoms with Crippen LogP contribution >= 0.6 is 0 Å². The number of benzene rings is 1. The number of rotatable bonds is 3. The van der Waals surface area contributed by atoms with Crippen molar-refractivity contribution in [2.24, 2.45) is 11.1 Å². The van der Waals surface area contributed by atoms with Crippen LogP contribution in [0.2, 0.25) is 0 Å². The fraction of sp³-hybridized carbons (Fsp3) is 0.542. The van der Waals surface area contributed by atoms with Crippen molar-refractivity contribution in [3.05, 3.63) is 58.4 Å². The number of hydrogen-bond acceptors (Lipinski definition) is 7. The second kappa shape index (κ2) is 11.4. The van der Waals surface area contributed by atoms with Crippen LogP contribution in [0.15, 0.2) is 18.3 Å². The number of fused-ring (bicyclic) bond motifs is 1. The van der Waals surface area contributed by atoms with Gasteiger partial charge in [-0.05, 0) is 11.5 Å². The number of carbonyl (C=O) groups is 1. The lowest BCUT2D eigenvalue weighted by atomic mass is 9.94. The number of aromatic nitrogens is 2. The van der Waals surface area contributed by atoms with Crippen LogP contribution in [0.4, 0.5) is 31.1 Å². The average molecular weight is 551 g/mol. The molecule has 8 nitrogen and oxygen atoms in total. The van der Waals surface area contributed by atoms with Gasteiger partial charge in [0, 0.05) is 55.5 Å². The zero-order valence-electron chi connectivity index (χ0n) is 20.9. The fourth-order valence-corrected chi connectivity index (χ4v) is 3.91. The molecule has 38 heavy (non-hydrogen) atoms. The second-order valence-corrected chi connectivity index (χ2v) is 10.2. The molecule has 2 aromatic rings. The highest BCUT2D eigenvalue weighted by Crippen LogP contribution is 2.37. The third-order valence-corrected chi connectivity index (χ3v) is 5.85. The summed E-state index contributed by atoms with van der Waals surface area (Å²) in [5.74, 6) is -5.03. The Morgan fingerprint density at radius 2 is 1.79 bits per heavy atom. The molecular formula is C24H28F6N4O4. The highest BCUT2D eigenvalue weighted by molar-refractivity contribution is 5.65. The lowest BCUT2D eigenvalue weighted by Crippen LogP contribution is -2.46. The summed E-state index contributed by atoms with van der Waals surface area (Å²) in [4.78, 5) is 20.0. The maximum atomic E-state index is 14.3. The van der Waals surface area contributed by atoms with Gasteiger partial charge in [-0.1, -0.05) is 20.8 Å². The molecule has 1 saturated heterocycles. The first-order valence-corrected chi connectivity index (χ1v) is 11.6. The van der Waals surface area contributed by atoms with Gasteiger partial charge in [0.25, 0.3) is 0 Å². The van der Waals surface area contributed by atoms with Gasteiger partial charge >= 0.3 is 12.3 Å². The molecule has 210 valence electrons. The molecule has 3 N–H and O–H groups in total. The van der Waals surface area contributed by atoms with Gasteiger partial charge in [-0.15, -0.1) is 0 Å². The molecule has 1 fully saturated rings. The van der Waals surface area contributed by atoms with E-state index in [4.69, 9.17) is 20.3 Å². The number of amides is 1. The van der Waals surface area contributed by atoms with Gasteiger partial charge in [-0.25, -0.2) is 27.9 Å². The molecule has 0 spiro atoms. The van der Waals surface area contributed by atoms with Crippen LogP contribution in [0.3, 0.4) is 0 Å². The molecule has 1 amide bonds. The Morgan fingerprint density at radius 1 is 1.16 bits per heavy atom. The second-order valence-electron chi connectivity index (χ2n) is 10.2. The van der Waals surface area contributed by atoms with Crippen LogP contribution < -0.4 is 5.73 Å². The Bertz CT molecular complexity index is 1160. The number of nitrogens with zero attached hydrogens (tertiary/aromatic N) is 3. The molecule has 1 aromatic heterocycles. The smallest absolute Gasteiger partial charge is 0.443 e. The van der Waals surface area contributed by atoms with E-state index in [1.165, 1.54) is 0 Å². The quantitative estimate of drug-likeness (QED) is 0.434. The molecule has 0 saturated carbocycles. The number of nitrogens with two attached hydrogens (primary N) is 1. The van der Waals surface area contributed by atoms with Crippen molar-refractivity contribution in [3.63, 3.8) is 0 Å². The topological polar surface area (TPSA) is 111 Å². The average Bonchev–Trinajstić information content (AvgIpc) is 3.24. The van der Waals surface area contributed by atoms with Gasteiger partial charge in [-0.2, -0.15) is 13.2 Å². The Kier molecular flexibility index (Phi) is 8.89. The third kappa shape index (κ3) is 7.32. The van der Waals surface area contributed by atoms with E-state index in [-0.39, 0.29) is 49.4 Å². The summed E-state index contributed by atoms with van der Waals surface area (Å²) in [6.07, 6.45) is -7.11. The van der Waals surface area contributed by atoms with E-state index in [0.717, 1.165) is 6.20 Å². The minimum atomic E-state index is -4.68. The van der Waals surface area contributed by atoms with Crippen molar-refractivity contribution in [2.45, 2.75) is 64.7 Å². The number of hydrogen-bond donors (Lipinski definition) is 2. The Labute approximate surface area is 214 Å². The molecular weight excluding hydrogens is 522 g/mol. The number of carbonyl (C=O) groups excluding carboxylic acids is 1. The maximum absolute atomic E-state index is 14.3. The molecule has 3 heterocycles. The lowest BCUT2D eigenvalue weighted by molar-refractivity contribution is -0.145. The van der Waals surface area contributed by atoms with Crippen molar-refractivity contribution in [1.82, 2.24) is 14.9 Å². The van der Waals surface area contributed by atoms with Crippen LogP contribution in [-0.2, 0) is 28.7 Å². The minimum Gasteiger partial charge on any atom is -0.443 e. The first-order valence-electron chi connectivity index (χ1n) is 11.6. The summed E-state index contributed by atoms with van der Waals surface area (Å²) in [6.45, 7) is 6.48. The SMILES string of the molecule is CC(C)(C)CO.NC(=O)O[C@H]1C[C@@H](N2Cc3cnc(C(F)(F)F)nc3C2)CO[C@@H]1c1cc(F)c(F)cc1F. The number of ether oxygens (including phenoxy) is 2. The number of aliphatic hydroxyl groups is 1. The molecule has 2 aliphatic rings. The summed E-state index contributed by atoms with van der Waals surface area (Å²) >= 11 is 0. The van der Waals surface area contributed by atoms with Crippen molar-refractivity contribution in [2.75, 3.05) is 13.2 Å². The van der Waals surface area contributed by atoms with E-state index in [1.54, 1.807) is 4.90 Å². The monoisotopic (exact) mass is 550 g/mol. The summed E-state index contributed by atoms with van der Waals surface area (Å²) in [6, 6.07) is 0.509. The Morgan fingerprint density at radius 3 is 2.37 bits per heavy atom. The van der Waals surface area contributed by atoms with E-state index in [1.807, 2.05) is 20.8 Å². The van der Waals surface area contributed by atoms with Crippen molar-refractivity contribution in [1.29, 1.82) is 0 Å². The number of aliphatic hydroxyl groups excluding tert-OH is 1. The number of halogens is 6. The molecule has 14 heteroatoms. The predicted octanol–water partition coefficient (Wildman–Crippen LogP) is 4.25. The fourth-order valence-electron chi connectivity index (χ4n) is 3.91. The zero-order chi connectivity index (χ0) is 28.4. The van der Waals surface area contributed by atoms with Gasteiger partial charge in [-0.3, -0.25) is 4.90 Å². The highest BCUT2D eigenvalue weighted by Gasteiger charge is 2.41. The Balaban J connectivity index is 0.000000599. The van der Waals surface area contributed by atoms with Crippen LogP contribution in [0.5, 0.6) is 0 Å². The first-order chi connectivity index (χ1) is 17.6. The summed E-state index contributed by atoms with van der Waals surface area (Å²) in [7, 11) is 0. The molecule has 3 atom stereocenters. The number of alkyl halides is 3. The van der Waals surface area contributed by atoms with Crippen LogP contribution in [0.25, 0.3) is 0 Å². The standard InChI is InChI=1S/C19H16F6N4O3.C5H12O/c20-11-3-13(22)12(21)2-10(11)16-15(32-18(26)30)1-9(7-31-16)29-5-8-4-27-17(19(23,24)25)28-14(8)6-29;1-5(2,3)4-6/h2-4,9,15-16H,1,5-7H2,(H2,26,30);6H,4H2,1-3H3/t9-,15+,16-;/m1./s1. The molecule has 0 aliphatic carbocycles. The van der Waals surface area contributed by atoms with Gasteiger partial charge in [0.15, 0.2) is 11.6 Å². The summed E-state index contributed by atoms with van der Waals surface area (Å²) < 4.78 is 90.5. The molecule has 0 bridgehead atoms. The third-order valence-electron chi connectivity index (χ3n) is 5.85. The van der Waals surface area contributed by atoms with E-state index >= 15 is 0 Å². The lowest BCUT2D eigenvalue weighted by Gasteiger charge is -2.39. The van der Waals surface area contributed by atoms with Crippen molar-refractivity contribution < 1.29 is 45.7 Å². The van der Waals surface area contributed by atoms with E-state index < -0.39 is 53.8 Å². The van der Waals surface area contributed by atoms with Crippen LogP contribution in [0, 0.1) is 22.9 Å². The Hall–Kier alpha value is -2.97. The number of primary amides is 1. The first kappa shape index (κ1) is 29.6. The van der Waals surface area contributed by atoms with Crippen molar-refractivity contribution >= 4 is 6.09 Å². The minimum absolute atomic E-state index is 0.0464. The van der Waals surface area contributed by atoms with Gasteiger partial charge in [0.2, 0.25) is 5.82 Å². The predicted molar refractivity (Wildman–Crippen MR) is 121 cm³/mol. The van der Waals surface area contributed by atoms with E-state index in [2.05, 4.69) is 9.97 Å². The van der Waals surface area contributed by atoms with Gasteiger partial charge in [0.1, 0.15) is 18.0 Å². The van der Waals surface area contributed by atoms with Crippen molar-refractivity contribution in [3.8, 4) is 0 Å². The highest BCUT2D eigenvalue weighted by atomic mass is 19.4. The van der Waals surface area contributed by atoms with Crippen LogP contribution in [-0.4, -0.2) is 51.4 Å². The largest absolute Gasteiger partial charge is 0.451 e. The zero-order valence-corrected chi connectivity index (χ0v) is 20.9. The molecule has 0 radical (unpaired) electrons. The molecule has 4 rings (SSSR count). The van der Waals surface area contributed by atoms with Gasteiger partial charge < -0.3 is 20.3 Å². The maximum Gasteiger partial charge on any atom is 0.451 e.